The summed E-state index contributed by atoms with van der Waals surface area (Å²) in [6, 6.07) is 0. The Labute approximate surface area is 98.3 Å². The van der Waals surface area contributed by atoms with Crippen molar-refractivity contribution in [2.45, 2.75) is 20.3 Å². The lowest BCUT2D eigenvalue weighted by atomic mass is 10.1. The minimum Gasteiger partial charge on any atom is -0.394 e. The maximum absolute atomic E-state index is 6.99. The summed E-state index contributed by atoms with van der Waals surface area (Å²) in [6.45, 7) is 5.16. The number of nitrogens with one attached hydrogen (secondary N) is 2. The molecule has 0 rings (SSSR count). The number of rotatable bonds is 7. The van der Waals surface area contributed by atoms with Gasteiger partial charge in [0.15, 0.2) is 0 Å². The molecule has 0 amide bonds. The standard InChI is InChI=1S/C12H22N4/c1-5-16(4)9-11(2)8-12(15-10-13)6-7-14-3/h6-7,9-10,13-14H,5,8H2,1-4H3/b7-6+,11-9-,13-10?,15-12+. The van der Waals surface area contributed by atoms with E-state index in [1.165, 1.54) is 5.57 Å². The molecule has 0 aromatic carbocycles. The fourth-order valence-corrected chi connectivity index (χ4v) is 1.21. The Kier molecular flexibility index (Phi) is 7.85. The zero-order chi connectivity index (χ0) is 12.4. The molecule has 4 heteroatoms. The number of hydrogen-bond donors (Lipinski definition) is 2. The van der Waals surface area contributed by atoms with Crippen molar-refractivity contribution >= 4 is 12.1 Å². The van der Waals surface area contributed by atoms with Gasteiger partial charge in [-0.25, -0.2) is 4.99 Å². The van der Waals surface area contributed by atoms with Crippen molar-refractivity contribution in [1.82, 2.24) is 10.2 Å². The monoisotopic (exact) mass is 222 g/mol. The van der Waals surface area contributed by atoms with Crippen molar-refractivity contribution in [2.24, 2.45) is 4.99 Å². The molecule has 4 nitrogen and oxygen atoms in total. The minimum atomic E-state index is 0.762. The molecule has 0 heterocycles. The van der Waals surface area contributed by atoms with Gasteiger partial charge in [0.2, 0.25) is 0 Å². The van der Waals surface area contributed by atoms with Gasteiger partial charge in [-0.05, 0) is 32.3 Å². The molecule has 0 aliphatic rings. The van der Waals surface area contributed by atoms with E-state index in [4.69, 9.17) is 5.41 Å². The summed E-state index contributed by atoms with van der Waals surface area (Å²) < 4.78 is 0. The molecular weight excluding hydrogens is 200 g/mol. The normalized spacial score (nSPS) is 13.0. The predicted molar refractivity (Wildman–Crippen MR) is 71.1 cm³/mol. The molecule has 0 aromatic heterocycles. The molecule has 0 aliphatic carbocycles. The van der Waals surface area contributed by atoms with Crippen molar-refractivity contribution in [2.75, 3.05) is 20.6 Å². The molecule has 0 atom stereocenters. The molecule has 0 fully saturated rings. The zero-order valence-corrected chi connectivity index (χ0v) is 10.6. The maximum Gasteiger partial charge on any atom is 0.107 e. The lowest BCUT2D eigenvalue weighted by molar-refractivity contribution is 0.479. The summed E-state index contributed by atoms with van der Waals surface area (Å²) >= 11 is 0. The van der Waals surface area contributed by atoms with E-state index in [0.717, 1.165) is 25.0 Å². The molecule has 0 saturated carbocycles. The van der Waals surface area contributed by atoms with Crippen LogP contribution >= 0.6 is 0 Å². The lowest BCUT2D eigenvalue weighted by Gasteiger charge is -2.12. The van der Waals surface area contributed by atoms with E-state index in [-0.39, 0.29) is 0 Å². The second-order valence-corrected chi connectivity index (χ2v) is 3.60. The van der Waals surface area contributed by atoms with Gasteiger partial charge in [0.25, 0.3) is 0 Å². The Hall–Kier alpha value is -1.58. The van der Waals surface area contributed by atoms with Crippen LogP contribution in [0.1, 0.15) is 20.3 Å². The Morgan fingerprint density at radius 2 is 2.19 bits per heavy atom. The van der Waals surface area contributed by atoms with E-state index in [1.807, 2.05) is 26.4 Å². The largest absolute Gasteiger partial charge is 0.394 e. The van der Waals surface area contributed by atoms with Gasteiger partial charge < -0.3 is 10.2 Å². The van der Waals surface area contributed by atoms with Crippen molar-refractivity contribution in [3.63, 3.8) is 0 Å². The molecule has 2 N–H and O–H groups in total. The van der Waals surface area contributed by atoms with Crippen LogP contribution in [0, 0.1) is 5.41 Å². The van der Waals surface area contributed by atoms with Crippen LogP contribution in [-0.2, 0) is 0 Å². The summed E-state index contributed by atoms with van der Waals surface area (Å²) in [5, 5.41) is 9.91. The van der Waals surface area contributed by atoms with E-state index in [0.29, 0.717) is 0 Å². The first-order chi connectivity index (χ1) is 7.63. The second-order valence-electron chi connectivity index (χ2n) is 3.60. The topological polar surface area (TPSA) is 51.5 Å². The molecule has 0 aromatic rings. The predicted octanol–water partition coefficient (Wildman–Crippen LogP) is 2.01. The van der Waals surface area contributed by atoms with E-state index in [9.17, 15) is 0 Å². The third-order valence-electron chi connectivity index (χ3n) is 2.07. The van der Waals surface area contributed by atoms with Crippen molar-refractivity contribution in [3.8, 4) is 0 Å². The van der Waals surface area contributed by atoms with Gasteiger partial charge in [0.1, 0.15) is 6.34 Å². The first-order valence-electron chi connectivity index (χ1n) is 5.41. The van der Waals surface area contributed by atoms with Crippen LogP contribution in [0.25, 0.3) is 0 Å². The summed E-state index contributed by atoms with van der Waals surface area (Å²) in [7, 11) is 3.88. The molecule has 90 valence electrons. The second kappa shape index (κ2) is 8.71. The highest BCUT2D eigenvalue weighted by Gasteiger charge is 1.97. The van der Waals surface area contributed by atoms with Crippen LogP contribution < -0.4 is 5.32 Å². The van der Waals surface area contributed by atoms with Crippen LogP contribution in [0.3, 0.4) is 0 Å². The summed E-state index contributed by atoms with van der Waals surface area (Å²) in [5.41, 5.74) is 2.10. The van der Waals surface area contributed by atoms with Gasteiger partial charge in [0, 0.05) is 32.8 Å². The van der Waals surface area contributed by atoms with E-state index >= 15 is 0 Å². The first kappa shape index (κ1) is 14.4. The fourth-order valence-electron chi connectivity index (χ4n) is 1.21. The number of allylic oxidation sites excluding steroid dienone is 2. The minimum absolute atomic E-state index is 0.762. The van der Waals surface area contributed by atoms with E-state index in [2.05, 4.69) is 35.3 Å². The van der Waals surface area contributed by atoms with E-state index < -0.39 is 0 Å². The average Bonchev–Trinajstić information content (AvgIpc) is 2.25. The fraction of sp³-hybridized carbons (Fsp3) is 0.500. The zero-order valence-electron chi connectivity index (χ0n) is 10.6. The van der Waals surface area contributed by atoms with Crippen molar-refractivity contribution < 1.29 is 0 Å². The van der Waals surface area contributed by atoms with Crippen LogP contribution in [0.15, 0.2) is 29.0 Å². The lowest BCUT2D eigenvalue weighted by Crippen LogP contribution is -2.10. The number of nitrogens with zero attached hydrogens (tertiary/aromatic N) is 2. The third-order valence-corrected chi connectivity index (χ3v) is 2.07. The summed E-state index contributed by atoms with van der Waals surface area (Å²) in [5.74, 6) is 0. The third kappa shape index (κ3) is 6.81. The first-order valence-corrected chi connectivity index (χ1v) is 5.41. The van der Waals surface area contributed by atoms with E-state index in [1.54, 1.807) is 0 Å². The summed E-state index contributed by atoms with van der Waals surface area (Å²) in [6.07, 6.45) is 7.64. The number of hydrogen-bond acceptors (Lipinski definition) is 3. The van der Waals surface area contributed by atoms with Crippen molar-refractivity contribution in [3.05, 3.63) is 24.0 Å². The highest BCUT2D eigenvalue weighted by Crippen LogP contribution is 2.04. The molecule has 0 radical (unpaired) electrons. The van der Waals surface area contributed by atoms with Gasteiger partial charge >= 0.3 is 0 Å². The van der Waals surface area contributed by atoms with Crippen molar-refractivity contribution in [1.29, 1.82) is 5.41 Å². The van der Waals surface area contributed by atoms with Crippen LogP contribution in [0.5, 0.6) is 0 Å². The molecule has 16 heavy (non-hydrogen) atoms. The molecular formula is C12H22N4. The highest BCUT2D eigenvalue weighted by molar-refractivity contribution is 6.00. The van der Waals surface area contributed by atoms with Gasteiger partial charge in [-0.2, -0.15) is 0 Å². The Morgan fingerprint density at radius 3 is 2.69 bits per heavy atom. The van der Waals surface area contributed by atoms with Gasteiger partial charge in [-0.15, -0.1) is 0 Å². The Balaban J connectivity index is 4.51. The van der Waals surface area contributed by atoms with Crippen LogP contribution in [0.2, 0.25) is 0 Å². The van der Waals surface area contributed by atoms with Gasteiger partial charge in [-0.3, -0.25) is 5.41 Å². The van der Waals surface area contributed by atoms with Crippen LogP contribution in [-0.4, -0.2) is 37.6 Å². The van der Waals surface area contributed by atoms with Crippen LogP contribution in [0.4, 0.5) is 0 Å². The maximum atomic E-state index is 6.99. The molecule has 0 unspecified atom stereocenters. The Bertz CT molecular complexity index is 289. The molecule has 0 aliphatic heterocycles. The number of aliphatic imine (C=N–C) groups is 1. The quantitative estimate of drug-likeness (QED) is 0.511. The Morgan fingerprint density at radius 1 is 1.50 bits per heavy atom. The highest BCUT2D eigenvalue weighted by atomic mass is 15.1. The van der Waals surface area contributed by atoms with Gasteiger partial charge in [-0.1, -0.05) is 5.57 Å². The van der Waals surface area contributed by atoms with Gasteiger partial charge in [0.05, 0.1) is 0 Å². The molecule has 0 saturated heterocycles. The summed E-state index contributed by atoms with van der Waals surface area (Å²) in [4.78, 5) is 6.13. The average molecular weight is 222 g/mol. The smallest absolute Gasteiger partial charge is 0.107 e. The SMILES string of the molecule is CCN(C)/C=C(/C)CC(/C=C/NC)=N/C=N. The molecule has 0 bridgehead atoms. The molecule has 0 spiro atoms.